The Labute approximate surface area is 60.9 Å². The van der Waals surface area contributed by atoms with Crippen molar-refractivity contribution in [2.45, 2.75) is 6.92 Å². The van der Waals surface area contributed by atoms with Gasteiger partial charge in [-0.15, -0.1) is 20.4 Å². The van der Waals surface area contributed by atoms with Gasteiger partial charge in [-0.2, -0.15) is 0 Å². The summed E-state index contributed by atoms with van der Waals surface area (Å²) in [5, 5.41) is 21.1. The average Bonchev–Trinajstić information content (AvgIpc) is 2.04. The van der Waals surface area contributed by atoms with E-state index in [0.29, 0.717) is 17.1 Å². The van der Waals surface area contributed by atoms with Gasteiger partial charge in [-0.3, -0.25) is 0 Å². The molecular formula is C4H3N7. The van der Waals surface area contributed by atoms with Gasteiger partial charge in [-0.05, 0) is 17.4 Å². The monoisotopic (exact) mass is 149 g/mol. The minimum atomic E-state index is 0.311. The lowest BCUT2D eigenvalue weighted by atomic mass is 10.6. The maximum atomic E-state index is 3.93. The molecule has 0 saturated heterocycles. The predicted molar refractivity (Wildman–Crippen MR) is 33.2 cm³/mol. The Morgan fingerprint density at radius 2 is 1.55 bits per heavy atom. The Hall–Kier alpha value is -1.79. The third kappa shape index (κ3) is 0.955. The number of aromatic nitrogens is 7. The van der Waals surface area contributed by atoms with Crippen LogP contribution < -0.4 is 0 Å². The summed E-state index contributed by atoms with van der Waals surface area (Å²) in [6.45, 7) is 1.72. The van der Waals surface area contributed by atoms with E-state index in [1.165, 1.54) is 0 Å². The smallest absolute Gasteiger partial charge is 0.207 e. The van der Waals surface area contributed by atoms with Crippen LogP contribution in [-0.2, 0) is 0 Å². The van der Waals surface area contributed by atoms with Crippen LogP contribution in [0.4, 0.5) is 0 Å². The van der Waals surface area contributed by atoms with Crippen LogP contribution in [0.15, 0.2) is 0 Å². The number of nitrogens with zero attached hydrogens (tertiary/aromatic N) is 7. The molecule has 2 heterocycles. The quantitative estimate of drug-likeness (QED) is 0.470. The Morgan fingerprint density at radius 3 is 2.36 bits per heavy atom. The van der Waals surface area contributed by atoms with Crippen molar-refractivity contribution in [1.82, 2.24) is 35.8 Å². The molecule has 0 amide bonds. The highest BCUT2D eigenvalue weighted by Crippen LogP contribution is 1.94. The van der Waals surface area contributed by atoms with E-state index in [9.17, 15) is 0 Å². The summed E-state index contributed by atoms with van der Waals surface area (Å²) in [6, 6.07) is 0. The van der Waals surface area contributed by atoms with Crippen molar-refractivity contribution in [2.75, 3.05) is 0 Å². The lowest BCUT2D eigenvalue weighted by Gasteiger charge is -1.89. The van der Waals surface area contributed by atoms with Gasteiger partial charge in [0.2, 0.25) is 11.3 Å². The summed E-state index contributed by atoms with van der Waals surface area (Å²) < 4.78 is 0. The van der Waals surface area contributed by atoms with Gasteiger partial charge in [0.05, 0.1) is 0 Å². The molecule has 0 aliphatic heterocycles. The molecule has 2 rings (SSSR count). The molecule has 0 bridgehead atoms. The number of hydrogen-bond donors (Lipinski definition) is 0. The van der Waals surface area contributed by atoms with Gasteiger partial charge >= 0.3 is 0 Å². The molecule has 0 saturated carbocycles. The number of fused-ring (bicyclic) bond motifs is 1. The van der Waals surface area contributed by atoms with Crippen molar-refractivity contribution >= 4 is 11.3 Å². The first-order chi connectivity index (χ1) is 5.36. The van der Waals surface area contributed by atoms with Gasteiger partial charge in [0.15, 0.2) is 5.82 Å². The van der Waals surface area contributed by atoms with Crippen LogP contribution in [0.1, 0.15) is 5.82 Å². The zero-order chi connectivity index (χ0) is 7.68. The van der Waals surface area contributed by atoms with E-state index in [1.54, 1.807) is 6.92 Å². The number of rotatable bonds is 0. The maximum absolute atomic E-state index is 3.93. The first-order valence-corrected chi connectivity index (χ1v) is 2.89. The highest BCUT2D eigenvalue weighted by Gasteiger charge is 1.99. The van der Waals surface area contributed by atoms with E-state index >= 15 is 0 Å². The van der Waals surface area contributed by atoms with E-state index in [4.69, 9.17) is 0 Å². The van der Waals surface area contributed by atoms with Crippen LogP contribution in [0, 0.1) is 6.92 Å². The standard InChI is InChI=1S/C4H3N7/c1-2-5-3-4(7-6-2)9-11-10-8-3/h1H3. The molecular weight excluding hydrogens is 146 g/mol. The summed E-state index contributed by atoms with van der Waals surface area (Å²) in [7, 11) is 0. The van der Waals surface area contributed by atoms with Gasteiger partial charge in [-0.25, -0.2) is 4.98 Å². The zero-order valence-electron chi connectivity index (χ0n) is 5.63. The van der Waals surface area contributed by atoms with E-state index in [2.05, 4.69) is 35.8 Å². The SMILES string of the molecule is Cc1nnc2nnnnc2n1. The normalized spacial score (nSPS) is 10.3. The van der Waals surface area contributed by atoms with Gasteiger partial charge in [0.25, 0.3) is 0 Å². The van der Waals surface area contributed by atoms with Crippen molar-refractivity contribution in [3.8, 4) is 0 Å². The Balaban J connectivity index is 2.83. The van der Waals surface area contributed by atoms with Gasteiger partial charge in [0, 0.05) is 0 Å². The summed E-state index contributed by atoms with van der Waals surface area (Å²) in [5.41, 5.74) is 0.679. The molecule has 7 nitrogen and oxygen atoms in total. The maximum Gasteiger partial charge on any atom is 0.244 e. The van der Waals surface area contributed by atoms with Crippen LogP contribution in [0.5, 0.6) is 0 Å². The van der Waals surface area contributed by atoms with Gasteiger partial charge < -0.3 is 0 Å². The summed E-state index contributed by atoms with van der Waals surface area (Å²) in [5.74, 6) is 0.541. The largest absolute Gasteiger partial charge is 0.244 e. The minimum Gasteiger partial charge on any atom is -0.207 e. The van der Waals surface area contributed by atoms with E-state index < -0.39 is 0 Å². The van der Waals surface area contributed by atoms with Crippen LogP contribution in [0.25, 0.3) is 11.3 Å². The molecule has 0 aliphatic carbocycles. The first kappa shape index (κ1) is 5.96. The van der Waals surface area contributed by atoms with E-state index in [0.717, 1.165) is 0 Å². The molecule has 0 fully saturated rings. The topological polar surface area (TPSA) is 90.2 Å². The molecule has 2 aromatic rings. The fourth-order valence-corrected chi connectivity index (χ4v) is 0.647. The molecule has 0 aliphatic rings. The molecule has 0 atom stereocenters. The van der Waals surface area contributed by atoms with Crippen molar-refractivity contribution in [2.24, 2.45) is 0 Å². The molecule has 11 heavy (non-hydrogen) atoms. The molecule has 0 N–H and O–H groups in total. The Bertz CT molecular complexity index is 385. The fraction of sp³-hybridized carbons (Fsp3) is 0.250. The van der Waals surface area contributed by atoms with Crippen LogP contribution >= 0.6 is 0 Å². The summed E-state index contributed by atoms with van der Waals surface area (Å²) in [4.78, 5) is 3.93. The van der Waals surface area contributed by atoms with Crippen LogP contribution in [0.3, 0.4) is 0 Å². The molecule has 2 aromatic heterocycles. The van der Waals surface area contributed by atoms with Crippen molar-refractivity contribution < 1.29 is 0 Å². The second-order valence-electron chi connectivity index (χ2n) is 1.89. The molecule has 0 aromatic carbocycles. The number of hydrogen-bond acceptors (Lipinski definition) is 7. The molecule has 0 radical (unpaired) electrons. The average molecular weight is 149 g/mol. The third-order valence-electron chi connectivity index (χ3n) is 1.08. The van der Waals surface area contributed by atoms with Crippen LogP contribution in [0.2, 0.25) is 0 Å². The summed E-state index contributed by atoms with van der Waals surface area (Å²) >= 11 is 0. The molecule has 54 valence electrons. The zero-order valence-corrected chi connectivity index (χ0v) is 5.63. The van der Waals surface area contributed by atoms with Crippen molar-refractivity contribution in [3.05, 3.63) is 5.82 Å². The summed E-state index contributed by atoms with van der Waals surface area (Å²) in [6.07, 6.45) is 0. The van der Waals surface area contributed by atoms with Gasteiger partial charge in [-0.1, -0.05) is 0 Å². The molecule has 0 spiro atoms. The third-order valence-corrected chi connectivity index (χ3v) is 1.08. The highest BCUT2D eigenvalue weighted by atomic mass is 15.4. The minimum absolute atomic E-state index is 0.311. The Morgan fingerprint density at radius 1 is 0.818 bits per heavy atom. The first-order valence-electron chi connectivity index (χ1n) is 2.89. The highest BCUT2D eigenvalue weighted by molar-refractivity contribution is 5.60. The Kier molecular flexibility index (Phi) is 1.14. The second kappa shape index (κ2) is 2.11. The lowest BCUT2D eigenvalue weighted by molar-refractivity contribution is 0.765. The second-order valence-corrected chi connectivity index (χ2v) is 1.89. The fourth-order valence-electron chi connectivity index (χ4n) is 0.647. The van der Waals surface area contributed by atoms with Crippen LogP contribution in [-0.4, -0.2) is 35.8 Å². The molecule has 7 heteroatoms. The molecule has 0 unspecified atom stereocenters. The predicted octanol–water partition coefficient (Wildman–Crippen LogP) is -1.09. The van der Waals surface area contributed by atoms with Crippen molar-refractivity contribution in [1.29, 1.82) is 0 Å². The van der Waals surface area contributed by atoms with Gasteiger partial charge in [0.1, 0.15) is 0 Å². The van der Waals surface area contributed by atoms with E-state index in [1.807, 2.05) is 0 Å². The number of aryl methyl sites for hydroxylation is 1. The lowest BCUT2D eigenvalue weighted by Crippen LogP contribution is -2.00. The van der Waals surface area contributed by atoms with Crippen molar-refractivity contribution in [3.63, 3.8) is 0 Å². The van der Waals surface area contributed by atoms with E-state index in [-0.39, 0.29) is 0 Å².